The molecule has 0 aromatic carbocycles. The monoisotopic (exact) mass is 319 g/mol. The second kappa shape index (κ2) is 5.53. The first-order chi connectivity index (χ1) is 10.6. The molecule has 0 atom stereocenters. The lowest BCUT2D eigenvalue weighted by molar-refractivity contribution is 0.102. The number of nitrogens with zero attached hydrogens (tertiary/aromatic N) is 5. The molecule has 112 valence electrons. The first-order valence-electron chi connectivity index (χ1n) is 6.34. The van der Waals surface area contributed by atoms with E-state index in [2.05, 4.69) is 30.9 Å². The maximum absolute atomic E-state index is 12.4. The molecule has 0 saturated carbocycles. The standard InChI is InChI=1S/C12H10ClN7O2/c1-2-20-4-3-7(21)9-6(5-8(13)14-10(9)20)11(22)15-12-16-18-19-17-12/h3-5H,2H2,1H3,(H2,15,16,17,18,19,22). The summed E-state index contributed by atoms with van der Waals surface area (Å²) in [7, 11) is 0. The number of hydrogen-bond acceptors (Lipinski definition) is 6. The fourth-order valence-corrected chi connectivity index (χ4v) is 2.27. The van der Waals surface area contributed by atoms with Gasteiger partial charge in [-0.1, -0.05) is 16.7 Å². The largest absolute Gasteiger partial charge is 0.332 e. The number of carbonyl (C=O) groups excluding carboxylic acids is 1. The Kier molecular flexibility index (Phi) is 3.55. The van der Waals surface area contributed by atoms with E-state index in [1.54, 1.807) is 10.8 Å². The Balaban J connectivity index is 2.20. The summed E-state index contributed by atoms with van der Waals surface area (Å²) in [5, 5.41) is 15.5. The molecule has 0 radical (unpaired) electrons. The van der Waals surface area contributed by atoms with Crippen LogP contribution in [-0.2, 0) is 6.54 Å². The van der Waals surface area contributed by atoms with Gasteiger partial charge in [0.25, 0.3) is 11.9 Å². The molecule has 9 nitrogen and oxygen atoms in total. The zero-order valence-electron chi connectivity index (χ0n) is 11.4. The number of aryl methyl sites for hydroxylation is 1. The van der Waals surface area contributed by atoms with Gasteiger partial charge in [0, 0.05) is 18.8 Å². The first kappa shape index (κ1) is 14.1. The van der Waals surface area contributed by atoms with Gasteiger partial charge < -0.3 is 4.57 Å². The lowest BCUT2D eigenvalue weighted by Crippen LogP contribution is -2.18. The number of nitrogens with one attached hydrogen (secondary N) is 2. The van der Waals surface area contributed by atoms with Crippen LogP contribution < -0.4 is 10.7 Å². The summed E-state index contributed by atoms with van der Waals surface area (Å²) in [4.78, 5) is 28.7. The van der Waals surface area contributed by atoms with Crippen LogP contribution in [0, 0.1) is 0 Å². The summed E-state index contributed by atoms with van der Waals surface area (Å²) in [5.74, 6) is -0.570. The predicted octanol–water partition coefficient (Wildman–Crippen LogP) is 0.835. The predicted molar refractivity (Wildman–Crippen MR) is 78.8 cm³/mol. The van der Waals surface area contributed by atoms with Crippen molar-refractivity contribution in [1.29, 1.82) is 0 Å². The van der Waals surface area contributed by atoms with E-state index < -0.39 is 5.91 Å². The Hall–Kier alpha value is -2.81. The van der Waals surface area contributed by atoms with Crippen molar-refractivity contribution < 1.29 is 4.79 Å². The molecule has 0 unspecified atom stereocenters. The number of rotatable bonds is 3. The van der Waals surface area contributed by atoms with Gasteiger partial charge in [-0.3, -0.25) is 14.9 Å². The van der Waals surface area contributed by atoms with Crippen LogP contribution in [0.2, 0.25) is 5.15 Å². The van der Waals surface area contributed by atoms with Crippen molar-refractivity contribution in [3.63, 3.8) is 0 Å². The Labute approximate surface area is 128 Å². The lowest BCUT2D eigenvalue weighted by atomic mass is 10.1. The summed E-state index contributed by atoms with van der Waals surface area (Å²) in [5.41, 5.74) is 0.135. The Bertz CT molecular complexity index is 904. The number of carbonyl (C=O) groups is 1. The van der Waals surface area contributed by atoms with Crippen LogP contribution in [0.4, 0.5) is 5.95 Å². The minimum atomic E-state index is -0.568. The van der Waals surface area contributed by atoms with Gasteiger partial charge in [0.2, 0.25) is 0 Å². The average molecular weight is 320 g/mol. The zero-order chi connectivity index (χ0) is 15.7. The van der Waals surface area contributed by atoms with Crippen molar-refractivity contribution in [1.82, 2.24) is 30.2 Å². The molecule has 0 aliphatic carbocycles. The van der Waals surface area contributed by atoms with E-state index >= 15 is 0 Å². The van der Waals surface area contributed by atoms with Crippen molar-refractivity contribution in [3.8, 4) is 0 Å². The van der Waals surface area contributed by atoms with Gasteiger partial charge in [-0.15, -0.1) is 5.10 Å². The molecule has 0 aliphatic heterocycles. The highest BCUT2D eigenvalue weighted by Crippen LogP contribution is 2.19. The van der Waals surface area contributed by atoms with E-state index in [4.69, 9.17) is 11.6 Å². The van der Waals surface area contributed by atoms with Crippen molar-refractivity contribution in [2.24, 2.45) is 0 Å². The first-order valence-corrected chi connectivity index (χ1v) is 6.72. The number of aromatic amines is 1. The highest BCUT2D eigenvalue weighted by molar-refractivity contribution is 6.30. The molecule has 2 N–H and O–H groups in total. The van der Waals surface area contributed by atoms with E-state index in [1.807, 2.05) is 6.92 Å². The Morgan fingerprint density at radius 1 is 1.50 bits per heavy atom. The quantitative estimate of drug-likeness (QED) is 0.690. The van der Waals surface area contributed by atoms with Crippen LogP contribution in [0.5, 0.6) is 0 Å². The number of aromatic nitrogens is 6. The molecule has 0 spiro atoms. The van der Waals surface area contributed by atoms with E-state index in [0.29, 0.717) is 12.2 Å². The summed E-state index contributed by atoms with van der Waals surface area (Å²) < 4.78 is 1.73. The van der Waals surface area contributed by atoms with Crippen molar-refractivity contribution in [2.45, 2.75) is 13.5 Å². The third-order valence-electron chi connectivity index (χ3n) is 3.05. The smallest absolute Gasteiger partial charge is 0.270 e. The van der Waals surface area contributed by atoms with Crippen molar-refractivity contribution >= 4 is 34.5 Å². The highest BCUT2D eigenvalue weighted by atomic mass is 35.5. The van der Waals surface area contributed by atoms with Crippen LogP contribution in [0.3, 0.4) is 0 Å². The molecule has 0 fully saturated rings. The van der Waals surface area contributed by atoms with Gasteiger partial charge in [-0.2, -0.15) is 5.21 Å². The summed E-state index contributed by atoms with van der Waals surface area (Å²) in [6.45, 7) is 2.47. The molecule has 0 saturated heterocycles. The third-order valence-corrected chi connectivity index (χ3v) is 3.24. The second-order valence-corrected chi connectivity index (χ2v) is 4.73. The summed E-state index contributed by atoms with van der Waals surface area (Å²) >= 11 is 5.97. The second-order valence-electron chi connectivity index (χ2n) is 4.35. The van der Waals surface area contributed by atoms with Gasteiger partial charge in [0.05, 0.1) is 10.9 Å². The number of H-pyrrole nitrogens is 1. The fraction of sp³-hybridized carbons (Fsp3) is 0.167. The highest BCUT2D eigenvalue weighted by Gasteiger charge is 2.18. The molecule has 3 heterocycles. The fourth-order valence-electron chi connectivity index (χ4n) is 2.08. The molecular formula is C12H10ClN7O2. The van der Waals surface area contributed by atoms with E-state index in [0.717, 1.165) is 0 Å². The van der Waals surface area contributed by atoms with E-state index in [-0.39, 0.29) is 27.5 Å². The van der Waals surface area contributed by atoms with E-state index in [9.17, 15) is 9.59 Å². The molecule has 3 aromatic rings. The van der Waals surface area contributed by atoms with Crippen LogP contribution in [0.15, 0.2) is 23.1 Å². The maximum atomic E-state index is 12.4. The van der Waals surface area contributed by atoms with Crippen LogP contribution >= 0.6 is 11.6 Å². The molecule has 10 heteroatoms. The minimum absolute atomic E-state index is 0.00201. The summed E-state index contributed by atoms with van der Waals surface area (Å²) in [6, 6.07) is 2.72. The van der Waals surface area contributed by atoms with E-state index in [1.165, 1.54) is 12.1 Å². The van der Waals surface area contributed by atoms with Crippen LogP contribution in [-0.4, -0.2) is 36.1 Å². The topological polar surface area (TPSA) is 118 Å². The number of hydrogen-bond donors (Lipinski definition) is 2. The molecule has 1 amide bonds. The van der Waals surface area contributed by atoms with Gasteiger partial charge in [-0.05, 0) is 18.2 Å². The van der Waals surface area contributed by atoms with Crippen molar-refractivity contribution in [2.75, 3.05) is 5.32 Å². The number of amides is 1. The lowest BCUT2D eigenvalue weighted by Gasteiger charge is -2.10. The molecule has 0 aliphatic rings. The zero-order valence-corrected chi connectivity index (χ0v) is 12.1. The van der Waals surface area contributed by atoms with Crippen molar-refractivity contribution in [3.05, 3.63) is 39.3 Å². The van der Waals surface area contributed by atoms with Gasteiger partial charge in [0.15, 0.2) is 5.43 Å². The number of halogens is 1. The summed E-state index contributed by atoms with van der Waals surface area (Å²) in [6.07, 6.45) is 1.61. The third kappa shape index (κ3) is 2.42. The molecular weight excluding hydrogens is 310 g/mol. The normalized spacial score (nSPS) is 10.8. The van der Waals surface area contributed by atoms with Crippen LogP contribution in [0.25, 0.3) is 11.0 Å². The Morgan fingerprint density at radius 2 is 2.32 bits per heavy atom. The molecule has 3 rings (SSSR count). The maximum Gasteiger partial charge on any atom is 0.270 e. The van der Waals surface area contributed by atoms with Gasteiger partial charge in [-0.25, -0.2) is 4.98 Å². The number of tetrazole rings is 1. The number of pyridine rings is 2. The van der Waals surface area contributed by atoms with Gasteiger partial charge >= 0.3 is 0 Å². The number of fused-ring (bicyclic) bond motifs is 1. The van der Waals surface area contributed by atoms with Crippen LogP contribution in [0.1, 0.15) is 17.3 Å². The Morgan fingerprint density at radius 3 is 3.00 bits per heavy atom. The minimum Gasteiger partial charge on any atom is -0.332 e. The van der Waals surface area contributed by atoms with Gasteiger partial charge in [0.1, 0.15) is 10.8 Å². The molecule has 22 heavy (non-hydrogen) atoms. The number of anilines is 1. The molecule has 3 aromatic heterocycles. The molecule has 0 bridgehead atoms. The SMILES string of the molecule is CCn1ccc(=O)c2c(C(=O)Nc3nn[nH]n3)cc(Cl)nc21. The average Bonchev–Trinajstić information content (AvgIpc) is 2.99.